The highest BCUT2D eigenvalue weighted by Gasteiger charge is 2.19. The molecule has 53 heavy (non-hydrogen) atoms. The van der Waals surface area contributed by atoms with Gasteiger partial charge in [0.25, 0.3) is 0 Å². The Bertz CT molecular complexity index is 3060. The summed E-state index contributed by atoms with van der Waals surface area (Å²) < 4.78 is 6.42. The number of furan rings is 1. The molecule has 0 unspecified atom stereocenters. The van der Waals surface area contributed by atoms with E-state index in [1.165, 1.54) is 76.8 Å². The molecule has 10 aromatic carbocycles. The van der Waals surface area contributed by atoms with Gasteiger partial charge in [-0.3, -0.25) is 0 Å². The molecule has 0 fully saturated rings. The summed E-state index contributed by atoms with van der Waals surface area (Å²) in [5.41, 5.74) is 13.8. The zero-order chi connectivity index (χ0) is 34.9. The SMILES string of the molecule is c1ccc(-c2cc(-c3ccccc3)cc(-c3cc(-c4ccc(-c5cccc6c5oc5ccccc56)cc4)c4ccc5cccc6ccc3c4c56)c2)cc1. The van der Waals surface area contributed by atoms with Crippen molar-refractivity contribution in [1.29, 1.82) is 0 Å². The van der Waals surface area contributed by atoms with Gasteiger partial charge in [0, 0.05) is 16.3 Å². The fourth-order valence-corrected chi connectivity index (χ4v) is 8.49. The molecule has 1 nitrogen and oxygen atoms in total. The summed E-state index contributed by atoms with van der Waals surface area (Å²) in [6, 6.07) is 70.6. The minimum Gasteiger partial charge on any atom is -0.455 e. The van der Waals surface area contributed by atoms with Crippen LogP contribution in [0.3, 0.4) is 0 Å². The normalized spacial score (nSPS) is 11.8. The smallest absolute Gasteiger partial charge is 0.143 e. The van der Waals surface area contributed by atoms with E-state index in [1.807, 2.05) is 12.1 Å². The molecule has 0 aliphatic rings. The van der Waals surface area contributed by atoms with Gasteiger partial charge < -0.3 is 4.42 Å². The summed E-state index contributed by atoms with van der Waals surface area (Å²) in [5.74, 6) is 0. The van der Waals surface area contributed by atoms with Crippen LogP contribution >= 0.6 is 0 Å². The molecule has 0 N–H and O–H groups in total. The van der Waals surface area contributed by atoms with E-state index in [9.17, 15) is 0 Å². The average Bonchev–Trinajstić information content (AvgIpc) is 3.62. The molecule has 0 bridgehead atoms. The first-order chi connectivity index (χ1) is 26.3. The molecule has 0 spiro atoms. The lowest BCUT2D eigenvalue weighted by molar-refractivity contribution is 0.670. The number of rotatable bonds is 5. The Labute approximate surface area is 307 Å². The Kier molecular flexibility index (Phi) is 6.62. The van der Waals surface area contributed by atoms with E-state index in [4.69, 9.17) is 4.42 Å². The van der Waals surface area contributed by atoms with E-state index in [1.54, 1.807) is 0 Å². The molecule has 11 rings (SSSR count). The fourth-order valence-electron chi connectivity index (χ4n) is 8.49. The molecule has 11 aromatic rings. The van der Waals surface area contributed by atoms with Crippen LogP contribution in [0.5, 0.6) is 0 Å². The van der Waals surface area contributed by atoms with Gasteiger partial charge in [0.15, 0.2) is 0 Å². The monoisotopic (exact) mass is 672 g/mol. The lowest BCUT2D eigenvalue weighted by atomic mass is 9.84. The van der Waals surface area contributed by atoms with Crippen molar-refractivity contribution in [3.63, 3.8) is 0 Å². The fraction of sp³-hybridized carbons (Fsp3) is 0. The Morgan fingerprint density at radius 1 is 0.264 bits per heavy atom. The minimum atomic E-state index is 0.916. The van der Waals surface area contributed by atoms with E-state index in [0.29, 0.717) is 0 Å². The third-order valence-electron chi connectivity index (χ3n) is 11.0. The van der Waals surface area contributed by atoms with Gasteiger partial charge in [-0.05, 0) is 113 Å². The summed E-state index contributed by atoms with van der Waals surface area (Å²) in [5, 5.41) is 9.99. The highest BCUT2D eigenvalue weighted by Crippen LogP contribution is 2.46. The first kappa shape index (κ1) is 29.7. The molecule has 0 saturated carbocycles. The highest BCUT2D eigenvalue weighted by atomic mass is 16.3. The maximum atomic E-state index is 6.42. The van der Waals surface area contributed by atoms with Crippen LogP contribution in [0, 0.1) is 0 Å². The molecular weight excluding hydrogens is 641 g/mol. The summed E-state index contributed by atoms with van der Waals surface area (Å²) in [7, 11) is 0. The van der Waals surface area contributed by atoms with Gasteiger partial charge in [-0.25, -0.2) is 0 Å². The second-order valence-electron chi connectivity index (χ2n) is 14.0. The summed E-state index contributed by atoms with van der Waals surface area (Å²) in [4.78, 5) is 0. The number of hydrogen-bond donors (Lipinski definition) is 0. The molecule has 0 atom stereocenters. The largest absolute Gasteiger partial charge is 0.455 e. The van der Waals surface area contributed by atoms with Gasteiger partial charge in [-0.1, -0.05) is 164 Å². The topological polar surface area (TPSA) is 13.1 Å². The van der Waals surface area contributed by atoms with E-state index >= 15 is 0 Å². The second-order valence-corrected chi connectivity index (χ2v) is 14.0. The minimum absolute atomic E-state index is 0.916. The van der Waals surface area contributed by atoms with Gasteiger partial charge in [-0.2, -0.15) is 0 Å². The van der Waals surface area contributed by atoms with E-state index in [2.05, 4.69) is 182 Å². The van der Waals surface area contributed by atoms with Crippen molar-refractivity contribution >= 4 is 54.3 Å². The summed E-state index contributed by atoms with van der Waals surface area (Å²) in [6.07, 6.45) is 0. The maximum absolute atomic E-state index is 6.42. The van der Waals surface area contributed by atoms with E-state index in [-0.39, 0.29) is 0 Å². The van der Waals surface area contributed by atoms with Crippen LogP contribution in [0.2, 0.25) is 0 Å². The summed E-state index contributed by atoms with van der Waals surface area (Å²) >= 11 is 0. The molecule has 246 valence electrons. The summed E-state index contributed by atoms with van der Waals surface area (Å²) in [6.45, 7) is 0. The Morgan fingerprint density at radius 2 is 0.792 bits per heavy atom. The van der Waals surface area contributed by atoms with Crippen molar-refractivity contribution in [2.75, 3.05) is 0 Å². The molecule has 0 amide bonds. The van der Waals surface area contributed by atoms with Gasteiger partial charge in [0.2, 0.25) is 0 Å². The van der Waals surface area contributed by atoms with Crippen LogP contribution in [0.4, 0.5) is 0 Å². The Balaban J connectivity index is 1.15. The van der Waals surface area contributed by atoms with Gasteiger partial charge in [0.05, 0.1) is 0 Å². The number of fused-ring (bicyclic) bond motifs is 3. The molecule has 1 heteroatoms. The molecular formula is C52H32O. The van der Waals surface area contributed by atoms with Gasteiger partial charge in [0.1, 0.15) is 11.2 Å². The third kappa shape index (κ3) is 4.79. The first-order valence-electron chi connectivity index (χ1n) is 18.2. The Morgan fingerprint density at radius 3 is 1.45 bits per heavy atom. The Hall–Kier alpha value is -6.96. The van der Waals surface area contributed by atoms with Crippen LogP contribution in [0.15, 0.2) is 199 Å². The predicted octanol–water partition coefficient (Wildman–Crippen LogP) is 14.8. The van der Waals surface area contributed by atoms with Crippen LogP contribution in [-0.2, 0) is 0 Å². The molecule has 0 aliphatic carbocycles. The number of para-hydroxylation sites is 2. The van der Waals surface area contributed by atoms with Crippen LogP contribution in [0.1, 0.15) is 0 Å². The highest BCUT2D eigenvalue weighted by molar-refractivity contribution is 6.28. The van der Waals surface area contributed by atoms with Crippen LogP contribution in [0.25, 0.3) is 110 Å². The quantitative estimate of drug-likeness (QED) is 0.166. The number of benzene rings is 10. The number of hydrogen-bond acceptors (Lipinski definition) is 1. The molecule has 0 saturated heterocycles. The standard InChI is InChI=1S/C52H32O/c1-3-11-33(12-4-1)39-29-40(34-13-5-2-6-14-34)31-41(30-39)48-32-47(44-27-25-37-15-9-16-38-26-28-45(48)51(44)50(37)38)36-23-21-35(22-24-36)42-18-10-19-46-43-17-7-8-20-49(43)53-52(42)46/h1-32H. The zero-order valence-electron chi connectivity index (χ0n) is 28.9. The van der Waals surface area contributed by atoms with Crippen LogP contribution < -0.4 is 0 Å². The molecule has 0 aliphatic heterocycles. The van der Waals surface area contributed by atoms with Crippen molar-refractivity contribution in [3.8, 4) is 55.6 Å². The molecule has 1 aromatic heterocycles. The molecule has 0 radical (unpaired) electrons. The maximum Gasteiger partial charge on any atom is 0.143 e. The van der Waals surface area contributed by atoms with Crippen molar-refractivity contribution in [3.05, 3.63) is 194 Å². The zero-order valence-corrected chi connectivity index (χ0v) is 28.9. The lowest BCUT2D eigenvalue weighted by Crippen LogP contribution is -1.92. The molecule has 1 heterocycles. The van der Waals surface area contributed by atoms with E-state index in [0.717, 1.165) is 33.1 Å². The lowest BCUT2D eigenvalue weighted by Gasteiger charge is -2.19. The van der Waals surface area contributed by atoms with E-state index < -0.39 is 0 Å². The van der Waals surface area contributed by atoms with Crippen molar-refractivity contribution in [2.24, 2.45) is 0 Å². The van der Waals surface area contributed by atoms with Crippen molar-refractivity contribution < 1.29 is 4.42 Å². The van der Waals surface area contributed by atoms with Crippen LogP contribution in [-0.4, -0.2) is 0 Å². The predicted molar refractivity (Wildman–Crippen MR) is 225 cm³/mol. The van der Waals surface area contributed by atoms with Crippen molar-refractivity contribution in [1.82, 2.24) is 0 Å². The average molecular weight is 673 g/mol. The third-order valence-corrected chi connectivity index (χ3v) is 11.0. The van der Waals surface area contributed by atoms with Gasteiger partial charge in [-0.15, -0.1) is 0 Å². The van der Waals surface area contributed by atoms with Crippen molar-refractivity contribution in [2.45, 2.75) is 0 Å². The second kappa shape index (κ2) is 11.8. The van der Waals surface area contributed by atoms with Gasteiger partial charge >= 0.3 is 0 Å². The first-order valence-corrected chi connectivity index (χ1v) is 18.2.